The van der Waals surface area contributed by atoms with Crippen LogP contribution in [0, 0.1) is 0 Å². The number of carbonyl (C=O) groups excluding carboxylic acids is 1. The summed E-state index contributed by atoms with van der Waals surface area (Å²) < 4.78 is 4.87. The lowest BCUT2D eigenvalue weighted by Gasteiger charge is -2.25. The third-order valence-corrected chi connectivity index (χ3v) is 1.88. The molecule has 13 heavy (non-hydrogen) atoms. The molecule has 0 unspecified atom stereocenters. The molecule has 0 saturated carbocycles. The molecule has 1 aliphatic heterocycles. The number of hydrazine groups is 1. The molecule has 1 amide bonds. The number of carbonyl (C=O) groups is 1. The lowest BCUT2D eigenvalue weighted by molar-refractivity contribution is 0.0997. The third-order valence-electron chi connectivity index (χ3n) is 1.88. The molecule has 1 fully saturated rings. The monoisotopic (exact) mass is 189 g/mol. The summed E-state index contributed by atoms with van der Waals surface area (Å²) in [5.41, 5.74) is 0. The zero-order valence-corrected chi connectivity index (χ0v) is 8.16. The van der Waals surface area contributed by atoms with E-state index in [1.54, 1.807) is 4.90 Å². The Morgan fingerprint density at radius 1 is 1.31 bits per heavy atom. The molecule has 0 aromatic carbocycles. The van der Waals surface area contributed by atoms with Gasteiger partial charge in [0.05, 0.1) is 6.61 Å². The topological polar surface area (TPSA) is 81.6 Å². The summed E-state index contributed by atoms with van der Waals surface area (Å²) in [5, 5.41) is 0. The Kier molecular flexibility index (Phi) is 7.33. The molecule has 1 aliphatic rings. The van der Waals surface area contributed by atoms with Crippen LogP contribution in [0.2, 0.25) is 0 Å². The summed E-state index contributed by atoms with van der Waals surface area (Å²) in [6, 6.07) is 0. The van der Waals surface area contributed by atoms with Gasteiger partial charge >= 0.3 is 6.09 Å². The van der Waals surface area contributed by atoms with Crippen molar-refractivity contribution in [3.63, 3.8) is 0 Å². The first-order valence-corrected chi connectivity index (χ1v) is 4.59. The highest BCUT2D eigenvalue weighted by Crippen LogP contribution is 2.09. The molecule has 5 heteroatoms. The van der Waals surface area contributed by atoms with E-state index in [0.717, 1.165) is 25.9 Å². The summed E-state index contributed by atoms with van der Waals surface area (Å²) in [7, 11) is 0. The molecule has 0 aromatic rings. The lowest BCUT2D eigenvalue weighted by atomic mass is 10.1. The summed E-state index contributed by atoms with van der Waals surface area (Å²) >= 11 is 0. The van der Waals surface area contributed by atoms with Gasteiger partial charge in [-0.05, 0) is 26.2 Å². The second-order valence-corrected chi connectivity index (χ2v) is 2.75. The quantitative estimate of drug-likeness (QED) is 0.463. The van der Waals surface area contributed by atoms with Crippen molar-refractivity contribution in [3.05, 3.63) is 0 Å². The predicted molar refractivity (Wildman–Crippen MR) is 50.8 cm³/mol. The van der Waals surface area contributed by atoms with Gasteiger partial charge in [0.25, 0.3) is 0 Å². The van der Waals surface area contributed by atoms with Gasteiger partial charge in [0, 0.05) is 13.1 Å². The Bertz CT molecular complexity index is 135. The van der Waals surface area contributed by atoms with Gasteiger partial charge in [-0.25, -0.2) is 4.79 Å². The van der Waals surface area contributed by atoms with Crippen LogP contribution in [0.25, 0.3) is 0 Å². The van der Waals surface area contributed by atoms with Crippen molar-refractivity contribution in [3.8, 4) is 0 Å². The van der Waals surface area contributed by atoms with Gasteiger partial charge in [-0.3, -0.25) is 11.7 Å². The Hall–Kier alpha value is -0.810. The molecule has 0 bridgehead atoms. The van der Waals surface area contributed by atoms with Gasteiger partial charge in [0.2, 0.25) is 0 Å². The molecular formula is C8H19N3O2. The number of hydrogen-bond acceptors (Lipinski definition) is 4. The number of piperidine rings is 1. The van der Waals surface area contributed by atoms with Crippen LogP contribution in [-0.2, 0) is 4.74 Å². The van der Waals surface area contributed by atoms with E-state index in [-0.39, 0.29) is 6.09 Å². The average molecular weight is 189 g/mol. The first-order chi connectivity index (χ1) is 6.34. The van der Waals surface area contributed by atoms with Crippen molar-refractivity contribution >= 4 is 6.09 Å². The van der Waals surface area contributed by atoms with Crippen LogP contribution in [0.3, 0.4) is 0 Å². The minimum atomic E-state index is -0.146. The maximum Gasteiger partial charge on any atom is 0.409 e. The molecule has 5 nitrogen and oxygen atoms in total. The molecule has 1 saturated heterocycles. The zero-order valence-electron chi connectivity index (χ0n) is 8.16. The third kappa shape index (κ3) is 4.69. The van der Waals surface area contributed by atoms with E-state index < -0.39 is 0 Å². The number of ether oxygens (including phenoxy) is 1. The summed E-state index contributed by atoms with van der Waals surface area (Å²) in [6.45, 7) is 4.06. The lowest BCUT2D eigenvalue weighted by Crippen LogP contribution is -2.35. The fraction of sp³-hybridized carbons (Fsp3) is 0.875. The van der Waals surface area contributed by atoms with Crippen LogP contribution >= 0.6 is 0 Å². The van der Waals surface area contributed by atoms with Gasteiger partial charge in [-0.15, -0.1) is 0 Å². The zero-order chi connectivity index (χ0) is 10.1. The maximum absolute atomic E-state index is 11.1. The van der Waals surface area contributed by atoms with E-state index in [4.69, 9.17) is 4.74 Å². The highest BCUT2D eigenvalue weighted by atomic mass is 16.6. The van der Waals surface area contributed by atoms with Crippen LogP contribution in [0.1, 0.15) is 26.2 Å². The Labute approximate surface area is 79.0 Å². The number of rotatable bonds is 1. The highest BCUT2D eigenvalue weighted by molar-refractivity contribution is 5.67. The van der Waals surface area contributed by atoms with Gasteiger partial charge in [0.1, 0.15) is 0 Å². The maximum atomic E-state index is 11.1. The first kappa shape index (κ1) is 12.2. The van der Waals surface area contributed by atoms with Crippen molar-refractivity contribution < 1.29 is 9.53 Å². The second kappa shape index (κ2) is 7.82. The SMILES string of the molecule is CCOC(=O)N1CCCCC1.NN. The Morgan fingerprint density at radius 3 is 2.31 bits per heavy atom. The molecule has 78 valence electrons. The van der Waals surface area contributed by atoms with Crippen molar-refractivity contribution in [2.45, 2.75) is 26.2 Å². The number of likely N-dealkylation sites (tertiary alicyclic amines) is 1. The summed E-state index contributed by atoms with van der Waals surface area (Å²) in [5.74, 6) is 8.00. The number of nitrogens with zero attached hydrogens (tertiary/aromatic N) is 1. The van der Waals surface area contributed by atoms with E-state index in [1.807, 2.05) is 6.92 Å². The Balaban J connectivity index is 0.000000671. The minimum absolute atomic E-state index is 0.146. The van der Waals surface area contributed by atoms with Crippen LogP contribution in [0.5, 0.6) is 0 Å². The molecule has 0 aliphatic carbocycles. The molecule has 4 N–H and O–H groups in total. The van der Waals surface area contributed by atoms with Gasteiger partial charge in [-0.1, -0.05) is 0 Å². The average Bonchev–Trinajstić information content (AvgIpc) is 2.23. The fourth-order valence-corrected chi connectivity index (χ4v) is 1.29. The molecule has 0 aromatic heterocycles. The number of nitrogens with two attached hydrogens (primary N) is 2. The van der Waals surface area contributed by atoms with E-state index in [0.29, 0.717) is 6.61 Å². The summed E-state index contributed by atoms with van der Waals surface area (Å²) in [4.78, 5) is 12.9. The summed E-state index contributed by atoms with van der Waals surface area (Å²) in [6.07, 6.45) is 3.35. The molecule has 0 radical (unpaired) electrons. The van der Waals surface area contributed by atoms with Crippen molar-refractivity contribution in [1.29, 1.82) is 0 Å². The normalized spacial score (nSPS) is 15.8. The van der Waals surface area contributed by atoms with Crippen LogP contribution < -0.4 is 11.7 Å². The van der Waals surface area contributed by atoms with Crippen molar-refractivity contribution in [1.82, 2.24) is 4.90 Å². The van der Waals surface area contributed by atoms with Crippen LogP contribution in [0.15, 0.2) is 0 Å². The van der Waals surface area contributed by atoms with Gasteiger partial charge in [-0.2, -0.15) is 0 Å². The van der Waals surface area contributed by atoms with Crippen molar-refractivity contribution in [2.24, 2.45) is 11.7 Å². The van der Waals surface area contributed by atoms with Crippen molar-refractivity contribution in [2.75, 3.05) is 19.7 Å². The number of amides is 1. The number of hydrogen-bond donors (Lipinski definition) is 2. The predicted octanol–water partition coefficient (Wildman–Crippen LogP) is 0.448. The molecule has 0 spiro atoms. The van der Waals surface area contributed by atoms with Gasteiger partial charge < -0.3 is 9.64 Å². The largest absolute Gasteiger partial charge is 0.450 e. The molecular weight excluding hydrogens is 170 g/mol. The molecule has 1 rings (SSSR count). The van der Waals surface area contributed by atoms with E-state index in [2.05, 4.69) is 11.7 Å². The van der Waals surface area contributed by atoms with E-state index in [1.165, 1.54) is 6.42 Å². The minimum Gasteiger partial charge on any atom is -0.450 e. The molecule has 0 atom stereocenters. The highest BCUT2D eigenvalue weighted by Gasteiger charge is 2.16. The van der Waals surface area contributed by atoms with E-state index in [9.17, 15) is 4.79 Å². The van der Waals surface area contributed by atoms with Crippen LogP contribution in [-0.4, -0.2) is 30.7 Å². The van der Waals surface area contributed by atoms with Gasteiger partial charge in [0.15, 0.2) is 0 Å². The first-order valence-electron chi connectivity index (χ1n) is 4.59. The van der Waals surface area contributed by atoms with Crippen LogP contribution in [0.4, 0.5) is 4.79 Å². The standard InChI is InChI=1S/C8H15NO2.H4N2/c1-2-11-8(10)9-6-4-3-5-7-9;1-2/h2-7H2,1H3;1-2H2. The van der Waals surface area contributed by atoms with E-state index >= 15 is 0 Å². The molecule has 1 heterocycles. The Morgan fingerprint density at radius 2 is 1.85 bits per heavy atom. The smallest absolute Gasteiger partial charge is 0.409 e. The second-order valence-electron chi connectivity index (χ2n) is 2.75. The fourth-order valence-electron chi connectivity index (χ4n) is 1.29.